The predicted molar refractivity (Wildman–Crippen MR) is 86.7 cm³/mol. The van der Waals surface area contributed by atoms with Gasteiger partial charge in [-0.2, -0.15) is 0 Å². The van der Waals surface area contributed by atoms with E-state index >= 15 is 0 Å². The second-order valence-electron chi connectivity index (χ2n) is 5.39. The summed E-state index contributed by atoms with van der Waals surface area (Å²) >= 11 is 0. The molecule has 2 amide bonds. The molecule has 1 fully saturated rings. The molecule has 0 heterocycles. The molecule has 1 aromatic rings. The van der Waals surface area contributed by atoms with Gasteiger partial charge in [0, 0.05) is 17.8 Å². The molecule has 5 nitrogen and oxygen atoms in total. The third kappa shape index (κ3) is 4.19. The van der Waals surface area contributed by atoms with E-state index in [-0.39, 0.29) is 24.2 Å². The Balaban J connectivity index is 0.00000220. The van der Waals surface area contributed by atoms with Gasteiger partial charge >= 0.3 is 0 Å². The molecule has 0 radical (unpaired) electrons. The van der Waals surface area contributed by atoms with Gasteiger partial charge in [-0.25, -0.2) is 0 Å². The minimum absolute atomic E-state index is 0. The molecule has 4 N–H and O–H groups in total. The number of anilines is 2. The second-order valence-corrected chi connectivity index (χ2v) is 5.39. The predicted octanol–water partition coefficient (Wildman–Crippen LogP) is 2.59. The second kappa shape index (κ2) is 6.91. The standard InChI is InChI=1S/C15H21N3O2.ClH/c1-3-5-13(19)17-11-6-4-7-12(10(11)2)18-14(20)15(16)8-9-15;/h4,6-7H,3,5,8-9,16H2,1-2H3,(H,17,19)(H,18,20);1H. The molecule has 1 saturated carbocycles. The van der Waals surface area contributed by atoms with E-state index < -0.39 is 5.54 Å². The number of hydrogen-bond acceptors (Lipinski definition) is 3. The maximum absolute atomic E-state index is 12.0. The molecule has 0 bridgehead atoms. The lowest BCUT2D eigenvalue weighted by Gasteiger charge is -2.15. The third-order valence-electron chi connectivity index (χ3n) is 3.57. The molecule has 0 atom stereocenters. The van der Waals surface area contributed by atoms with Crippen LogP contribution in [0.3, 0.4) is 0 Å². The van der Waals surface area contributed by atoms with E-state index in [0.717, 1.165) is 30.5 Å². The highest BCUT2D eigenvalue weighted by Crippen LogP contribution is 2.34. The van der Waals surface area contributed by atoms with Gasteiger partial charge in [-0.15, -0.1) is 12.4 Å². The van der Waals surface area contributed by atoms with Crippen molar-refractivity contribution in [3.8, 4) is 0 Å². The van der Waals surface area contributed by atoms with Crippen molar-refractivity contribution < 1.29 is 9.59 Å². The lowest BCUT2D eigenvalue weighted by molar-refractivity contribution is -0.118. The van der Waals surface area contributed by atoms with E-state index in [1.807, 2.05) is 26.0 Å². The van der Waals surface area contributed by atoms with E-state index in [1.54, 1.807) is 6.07 Å². The van der Waals surface area contributed by atoms with Crippen LogP contribution in [-0.2, 0) is 9.59 Å². The number of rotatable bonds is 5. The summed E-state index contributed by atoms with van der Waals surface area (Å²) in [6.07, 6.45) is 2.74. The minimum Gasteiger partial charge on any atom is -0.326 e. The van der Waals surface area contributed by atoms with Crippen molar-refractivity contribution in [2.24, 2.45) is 5.73 Å². The van der Waals surface area contributed by atoms with E-state index in [2.05, 4.69) is 10.6 Å². The summed E-state index contributed by atoms with van der Waals surface area (Å²) in [5.41, 5.74) is 7.43. The molecule has 2 rings (SSSR count). The highest BCUT2D eigenvalue weighted by molar-refractivity contribution is 6.01. The Bertz CT molecular complexity index is 542. The summed E-state index contributed by atoms with van der Waals surface area (Å²) in [7, 11) is 0. The zero-order chi connectivity index (χ0) is 14.8. The number of benzene rings is 1. The molecule has 1 aromatic carbocycles. The molecule has 1 aliphatic carbocycles. The van der Waals surface area contributed by atoms with Crippen molar-refractivity contribution in [3.05, 3.63) is 23.8 Å². The Labute approximate surface area is 131 Å². The number of carbonyl (C=O) groups excluding carboxylic acids is 2. The quantitative estimate of drug-likeness (QED) is 0.781. The SMILES string of the molecule is CCCC(=O)Nc1cccc(NC(=O)C2(N)CC2)c1C.Cl. The Morgan fingerprint density at radius 1 is 1.24 bits per heavy atom. The van der Waals surface area contributed by atoms with Crippen LogP contribution in [-0.4, -0.2) is 17.4 Å². The normalized spacial score (nSPS) is 14.8. The maximum Gasteiger partial charge on any atom is 0.244 e. The fraction of sp³-hybridized carbons (Fsp3) is 0.467. The molecule has 21 heavy (non-hydrogen) atoms. The third-order valence-corrected chi connectivity index (χ3v) is 3.57. The number of nitrogens with one attached hydrogen (secondary N) is 2. The van der Waals surface area contributed by atoms with Crippen molar-refractivity contribution >= 4 is 35.6 Å². The number of hydrogen-bond donors (Lipinski definition) is 3. The average molecular weight is 312 g/mol. The van der Waals surface area contributed by atoms with E-state index in [9.17, 15) is 9.59 Å². The molecule has 116 valence electrons. The van der Waals surface area contributed by atoms with Crippen LogP contribution in [0, 0.1) is 6.92 Å². The molecule has 1 aliphatic rings. The van der Waals surface area contributed by atoms with E-state index in [0.29, 0.717) is 12.1 Å². The molecular formula is C15H22ClN3O2. The van der Waals surface area contributed by atoms with Gasteiger partial charge < -0.3 is 16.4 Å². The highest BCUT2D eigenvalue weighted by atomic mass is 35.5. The van der Waals surface area contributed by atoms with Crippen LogP contribution >= 0.6 is 12.4 Å². The van der Waals surface area contributed by atoms with Crippen molar-refractivity contribution in [2.45, 2.75) is 45.1 Å². The van der Waals surface area contributed by atoms with Gasteiger partial charge in [0.15, 0.2) is 0 Å². The van der Waals surface area contributed by atoms with Gasteiger partial charge in [0.2, 0.25) is 11.8 Å². The van der Waals surface area contributed by atoms with Gasteiger partial charge in [-0.05, 0) is 43.9 Å². The van der Waals surface area contributed by atoms with Crippen molar-refractivity contribution in [3.63, 3.8) is 0 Å². The summed E-state index contributed by atoms with van der Waals surface area (Å²) < 4.78 is 0. The van der Waals surface area contributed by atoms with Crippen LogP contribution in [0.5, 0.6) is 0 Å². The van der Waals surface area contributed by atoms with Crippen LogP contribution in [0.15, 0.2) is 18.2 Å². The molecule has 0 unspecified atom stereocenters. The van der Waals surface area contributed by atoms with Gasteiger partial charge in [-0.3, -0.25) is 9.59 Å². The fourth-order valence-electron chi connectivity index (χ4n) is 1.95. The first-order chi connectivity index (χ1) is 9.46. The van der Waals surface area contributed by atoms with Crippen molar-refractivity contribution in [2.75, 3.05) is 10.6 Å². The van der Waals surface area contributed by atoms with E-state index in [4.69, 9.17) is 5.73 Å². The average Bonchev–Trinajstić information content (AvgIpc) is 3.14. The lowest BCUT2D eigenvalue weighted by atomic mass is 10.1. The number of nitrogens with two attached hydrogens (primary N) is 1. The lowest BCUT2D eigenvalue weighted by Crippen LogP contribution is -2.38. The van der Waals surface area contributed by atoms with Gasteiger partial charge in [0.05, 0.1) is 5.54 Å². The summed E-state index contributed by atoms with van der Waals surface area (Å²) in [4.78, 5) is 23.6. The maximum atomic E-state index is 12.0. The minimum atomic E-state index is -0.700. The summed E-state index contributed by atoms with van der Waals surface area (Å²) in [5.74, 6) is -0.172. The first-order valence-electron chi connectivity index (χ1n) is 6.96. The molecule has 0 saturated heterocycles. The molecule has 6 heteroatoms. The molecule has 0 aliphatic heterocycles. The Kier molecular flexibility index (Phi) is 5.75. The van der Waals surface area contributed by atoms with Crippen molar-refractivity contribution in [1.82, 2.24) is 0 Å². The first-order valence-corrected chi connectivity index (χ1v) is 6.96. The van der Waals surface area contributed by atoms with Gasteiger partial charge in [0.25, 0.3) is 0 Å². The van der Waals surface area contributed by atoms with E-state index in [1.165, 1.54) is 0 Å². The zero-order valence-corrected chi connectivity index (χ0v) is 13.2. The first kappa shape index (κ1) is 17.5. The summed E-state index contributed by atoms with van der Waals surface area (Å²) in [6.45, 7) is 3.83. The summed E-state index contributed by atoms with van der Waals surface area (Å²) in [5, 5.41) is 5.70. The Morgan fingerprint density at radius 3 is 2.33 bits per heavy atom. The van der Waals surface area contributed by atoms with Gasteiger partial charge in [-0.1, -0.05) is 13.0 Å². The van der Waals surface area contributed by atoms with Crippen LogP contribution in [0.2, 0.25) is 0 Å². The van der Waals surface area contributed by atoms with Crippen LogP contribution in [0.1, 0.15) is 38.2 Å². The van der Waals surface area contributed by atoms with Crippen molar-refractivity contribution in [1.29, 1.82) is 0 Å². The monoisotopic (exact) mass is 311 g/mol. The topological polar surface area (TPSA) is 84.2 Å². The zero-order valence-electron chi connectivity index (χ0n) is 12.4. The number of halogens is 1. The van der Waals surface area contributed by atoms with Gasteiger partial charge in [0.1, 0.15) is 0 Å². The Hall–Kier alpha value is -1.59. The van der Waals surface area contributed by atoms with Crippen LogP contribution < -0.4 is 16.4 Å². The molecule has 0 spiro atoms. The Morgan fingerprint density at radius 2 is 1.81 bits per heavy atom. The smallest absolute Gasteiger partial charge is 0.244 e. The van der Waals surface area contributed by atoms with Crippen LogP contribution in [0.25, 0.3) is 0 Å². The largest absolute Gasteiger partial charge is 0.326 e. The molecular weight excluding hydrogens is 290 g/mol. The number of carbonyl (C=O) groups is 2. The summed E-state index contributed by atoms with van der Waals surface area (Å²) in [6, 6.07) is 5.45. The molecule has 0 aromatic heterocycles. The van der Waals surface area contributed by atoms with Crippen LogP contribution in [0.4, 0.5) is 11.4 Å². The fourth-order valence-corrected chi connectivity index (χ4v) is 1.95. The highest BCUT2D eigenvalue weighted by Gasteiger charge is 2.46. The number of amides is 2.